The Balaban J connectivity index is 3.00. The van der Waals surface area contributed by atoms with Crippen LogP contribution in [0.1, 0.15) is 48.0 Å². The lowest BCUT2D eigenvalue weighted by molar-refractivity contribution is 0.113. The molecule has 0 aromatic carbocycles. The van der Waals surface area contributed by atoms with Crippen LogP contribution < -0.4 is 0 Å². The number of hydrogen-bond acceptors (Lipinski definition) is 1. The van der Waals surface area contributed by atoms with E-state index < -0.39 is 0 Å². The molecule has 0 amide bonds. The van der Waals surface area contributed by atoms with E-state index in [0.29, 0.717) is 0 Å². The molecule has 0 aromatic rings. The number of allylic oxidation sites excluding steroid dienone is 1. The van der Waals surface area contributed by atoms with Gasteiger partial charge in [0.2, 0.25) is 0 Å². The highest BCUT2D eigenvalue weighted by molar-refractivity contribution is 5.41. The highest BCUT2D eigenvalue weighted by Gasteiger charge is 2.51. The molecule has 2 unspecified atom stereocenters. The summed E-state index contributed by atoms with van der Waals surface area (Å²) in [6.45, 7) is 17.7. The van der Waals surface area contributed by atoms with E-state index in [1.165, 1.54) is 6.42 Å². The van der Waals surface area contributed by atoms with Gasteiger partial charge in [-0.15, -0.1) is 0 Å². The van der Waals surface area contributed by atoms with Gasteiger partial charge in [-0.1, -0.05) is 51.2 Å². The molecule has 0 saturated heterocycles. The van der Waals surface area contributed by atoms with Gasteiger partial charge in [0.05, 0.1) is 5.54 Å². The maximum atomic E-state index is 3.92. The van der Waals surface area contributed by atoms with Crippen LogP contribution in [0.4, 0.5) is 0 Å². The van der Waals surface area contributed by atoms with Crippen LogP contribution in [-0.4, -0.2) is 17.5 Å². The molecule has 19 heavy (non-hydrogen) atoms. The summed E-state index contributed by atoms with van der Waals surface area (Å²) in [6.07, 6.45) is 10.1. The fourth-order valence-electron chi connectivity index (χ4n) is 2.89. The van der Waals surface area contributed by atoms with Crippen LogP contribution in [0.2, 0.25) is 0 Å². The van der Waals surface area contributed by atoms with Crippen molar-refractivity contribution in [2.45, 2.75) is 53.5 Å². The summed E-state index contributed by atoms with van der Waals surface area (Å²) in [6, 6.07) is 0. The van der Waals surface area contributed by atoms with Gasteiger partial charge in [0.15, 0.2) is 0 Å². The molecule has 1 aliphatic carbocycles. The second-order valence-corrected chi connectivity index (χ2v) is 6.72. The first-order chi connectivity index (χ1) is 8.72. The molecule has 108 valence electrons. The molecule has 0 bridgehead atoms. The van der Waals surface area contributed by atoms with Gasteiger partial charge >= 0.3 is 0 Å². The first-order valence-corrected chi connectivity index (χ1v) is 7.44. The Hall–Kier alpha value is -0.980. The number of likely N-dealkylation sites (N-methyl/N-ethyl adjacent to an activating group) is 1. The summed E-state index contributed by atoms with van der Waals surface area (Å²) in [7, 11) is 2.12. The van der Waals surface area contributed by atoms with E-state index in [9.17, 15) is 0 Å². The quantitative estimate of drug-likeness (QED) is 0.606. The Morgan fingerprint density at radius 3 is 2.16 bits per heavy atom. The zero-order valence-corrected chi connectivity index (χ0v) is 13.8. The standard InChI is InChI=1S/C18H31N/c1-9-16(13-15(5)14(3)4)17(6)11-12-18(17,7)19(8)10-2/h9-12,14-15H,2,13H2,1,3-8H3/b16-9+/t15-,17?,18?/m1/s1. The van der Waals surface area contributed by atoms with Crippen molar-refractivity contribution in [3.63, 3.8) is 0 Å². The summed E-state index contributed by atoms with van der Waals surface area (Å²) in [4.78, 5) is 2.23. The molecular formula is C18H31N. The second kappa shape index (κ2) is 5.56. The third-order valence-corrected chi connectivity index (χ3v) is 5.49. The molecule has 0 heterocycles. The highest BCUT2D eigenvalue weighted by Crippen LogP contribution is 2.53. The average molecular weight is 261 g/mol. The molecule has 0 aliphatic heterocycles. The van der Waals surface area contributed by atoms with Crippen molar-refractivity contribution in [2.24, 2.45) is 17.3 Å². The molecular weight excluding hydrogens is 230 g/mol. The van der Waals surface area contributed by atoms with Gasteiger partial charge < -0.3 is 4.90 Å². The number of rotatable bonds is 6. The molecule has 1 rings (SSSR count). The van der Waals surface area contributed by atoms with Crippen LogP contribution in [0, 0.1) is 17.3 Å². The summed E-state index contributed by atoms with van der Waals surface area (Å²) in [5.74, 6) is 1.45. The van der Waals surface area contributed by atoms with Crippen LogP contribution in [0.5, 0.6) is 0 Å². The SMILES string of the molecule is C=CN(C)C1(C)C=CC1(C)/C(=C/C)C[C@@H](C)C(C)C. The van der Waals surface area contributed by atoms with E-state index in [1.807, 2.05) is 6.20 Å². The van der Waals surface area contributed by atoms with E-state index in [0.717, 1.165) is 11.8 Å². The smallest absolute Gasteiger partial charge is 0.0673 e. The minimum Gasteiger partial charge on any atom is -0.371 e. The number of nitrogens with zero attached hydrogens (tertiary/aromatic N) is 1. The van der Waals surface area contributed by atoms with Crippen LogP contribution in [0.25, 0.3) is 0 Å². The van der Waals surface area contributed by atoms with Crippen molar-refractivity contribution in [2.75, 3.05) is 7.05 Å². The molecule has 1 nitrogen and oxygen atoms in total. The molecule has 3 atom stereocenters. The van der Waals surface area contributed by atoms with Gasteiger partial charge in [0.1, 0.15) is 0 Å². The molecule has 0 radical (unpaired) electrons. The van der Waals surface area contributed by atoms with E-state index >= 15 is 0 Å². The molecule has 0 aromatic heterocycles. The molecule has 0 N–H and O–H groups in total. The Bertz CT molecular complexity index is 390. The molecule has 0 spiro atoms. The van der Waals surface area contributed by atoms with E-state index in [4.69, 9.17) is 0 Å². The Morgan fingerprint density at radius 1 is 1.26 bits per heavy atom. The lowest BCUT2D eigenvalue weighted by Gasteiger charge is -2.56. The van der Waals surface area contributed by atoms with Crippen molar-refractivity contribution in [1.29, 1.82) is 0 Å². The summed E-state index contributed by atoms with van der Waals surface area (Å²) >= 11 is 0. The van der Waals surface area contributed by atoms with Crippen LogP contribution in [-0.2, 0) is 0 Å². The minimum atomic E-state index is 0.0489. The topological polar surface area (TPSA) is 3.24 Å². The Labute approximate surface area is 120 Å². The normalized spacial score (nSPS) is 32.1. The predicted molar refractivity (Wildman–Crippen MR) is 86.0 cm³/mol. The van der Waals surface area contributed by atoms with Gasteiger partial charge in [0.25, 0.3) is 0 Å². The first-order valence-electron chi connectivity index (χ1n) is 7.44. The van der Waals surface area contributed by atoms with Crippen molar-refractivity contribution in [3.8, 4) is 0 Å². The average Bonchev–Trinajstić information content (AvgIpc) is 2.40. The van der Waals surface area contributed by atoms with Crippen molar-refractivity contribution in [1.82, 2.24) is 4.90 Å². The summed E-state index contributed by atoms with van der Waals surface area (Å²) in [5, 5.41) is 0. The second-order valence-electron chi connectivity index (χ2n) is 6.72. The van der Waals surface area contributed by atoms with Crippen LogP contribution >= 0.6 is 0 Å². The molecule has 1 aliphatic rings. The maximum absolute atomic E-state index is 3.92. The third-order valence-electron chi connectivity index (χ3n) is 5.49. The van der Waals surface area contributed by atoms with Gasteiger partial charge in [-0.25, -0.2) is 0 Å². The van der Waals surface area contributed by atoms with Crippen LogP contribution in [0.15, 0.2) is 36.6 Å². The largest absolute Gasteiger partial charge is 0.371 e. The molecule has 0 fully saturated rings. The maximum Gasteiger partial charge on any atom is 0.0673 e. The zero-order valence-electron chi connectivity index (χ0n) is 13.8. The third kappa shape index (κ3) is 2.52. The van der Waals surface area contributed by atoms with E-state index in [2.05, 4.69) is 78.3 Å². The zero-order chi connectivity index (χ0) is 14.8. The van der Waals surface area contributed by atoms with Gasteiger partial charge in [-0.2, -0.15) is 0 Å². The Morgan fingerprint density at radius 2 is 1.84 bits per heavy atom. The first kappa shape index (κ1) is 16.1. The fourth-order valence-corrected chi connectivity index (χ4v) is 2.89. The fraction of sp³-hybridized carbons (Fsp3) is 0.667. The van der Waals surface area contributed by atoms with Crippen LogP contribution in [0.3, 0.4) is 0 Å². The lowest BCUT2D eigenvalue weighted by Crippen LogP contribution is -2.57. The summed E-state index contributed by atoms with van der Waals surface area (Å²) in [5.41, 5.74) is 1.72. The van der Waals surface area contributed by atoms with Crippen molar-refractivity contribution < 1.29 is 0 Å². The van der Waals surface area contributed by atoms with Gasteiger partial charge in [-0.05, 0) is 45.2 Å². The highest BCUT2D eigenvalue weighted by atomic mass is 15.2. The van der Waals surface area contributed by atoms with Gasteiger partial charge in [0, 0.05) is 12.5 Å². The number of hydrogen-bond donors (Lipinski definition) is 0. The van der Waals surface area contributed by atoms with E-state index in [1.54, 1.807) is 5.57 Å². The molecule has 1 heteroatoms. The van der Waals surface area contributed by atoms with E-state index in [-0.39, 0.29) is 11.0 Å². The molecule has 0 saturated carbocycles. The van der Waals surface area contributed by atoms with Crippen molar-refractivity contribution in [3.05, 3.63) is 36.6 Å². The lowest BCUT2D eigenvalue weighted by atomic mass is 9.57. The minimum absolute atomic E-state index is 0.0489. The van der Waals surface area contributed by atoms with Crippen molar-refractivity contribution >= 4 is 0 Å². The van der Waals surface area contributed by atoms with Gasteiger partial charge in [-0.3, -0.25) is 0 Å². The monoisotopic (exact) mass is 261 g/mol. The summed E-state index contributed by atoms with van der Waals surface area (Å²) < 4.78 is 0. The Kier molecular flexibility index (Phi) is 4.71. The predicted octanol–water partition coefficient (Wildman–Crippen LogP) is 5.03.